The van der Waals surface area contributed by atoms with Crippen LogP contribution in [-0.4, -0.2) is 11.4 Å². The van der Waals surface area contributed by atoms with Crippen LogP contribution in [0.2, 0.25) is 0 Å². The predicted octanol–water partition coefficient (Wildman–Crippen LogP) is 6.44. The highest BCUT2D eigenvalue weighted by atomic mass is 15.1. The van der Waals surface area contributed by atoms with Crippen LogP contribution in [-0.2, 0) is 6.54 Å². The molecule has 0 bridgehead atoms. The third-order valence-electron chi connectivity index (χ3n) is 3.52. The van der Waals surface area contributed by atoms with Gasteiger partial charge in [-0.15, -0.1) is 0 Å². The zero-order valence-electron chi connectivity index (χ0n) is 15.2. The Labute approximate surface area is 148 Å². The summed E-state index contributed by atoms with van der Waals surface area (Å²) < 4.78 is 0. The molecule has 0 aromatic heterocycles. The van der Waals surface area contributed by atoms with Crippen molar-refractivity contribution in [2.24, 2.45) is 0 Å². The van der Waals surface area contributed by atoms with Crippen LogP contribution in [0.3, 0.4) is 0 Å². The fourth-order valence-electron chi connectivity index (χ4n) is 2.43. The minimum atomic E-state index is 0.848. The molecule has 0 amide bonds. The van der Waals surface area contributed by atoms with Crippen molar-refractivity contribution in [2.75, 3.05) is 6.54 Å². The van der Waals surface area contributed by atoms with Crippen LogP contribution in [0.25, 0.3) is 0 Å². The van der Waals surface area contributed by atoms with Gasteiger partial charge in [-0.3, -0.25) is 0 Å². The molecule has 0 spiro atoms. The summed E-state index contributed by atoms with van der Waals surface area (Å²) in [6.07, 6.45) is 16.1. The number of rotatable bonds is 7. The summed E-state index contributed by atoms with van der Waals surface area (Å²) in [7, 11) is 0. The van der Waals surface area contributed by atoms with E-state index in [1.165, 1.54) is 23.3 Å². The van der Waals surface area contributed by atoms with E-state index in [2.05, 4.69) is 80.5 Å². The number of benzene rings is 1. The molecular weight excluding hydrogens is 290 g/mol. The molecule has 0 N–H and O–H groups in total. The van der Waals surface area contributed by atoms with Crippen LogP contribution in [0.1, 0.15) is 38.7 Å². The minimum absolute atomic E-state index is 0.848. The second kappa shape index (κ2) is 12.2. The van der Waals surface area contributed by atoms with Gasteiger partial charge < -0.3 is 4.90 Å². The van der Waals surface area contributed by atoms with Crippen LogP contribution >= 0.6 is 0 Å². The molecule has 1 nitrogen and oxygen atoms in total. The molecule has 1 aromatic rings. The fourth-order valence-corrected chi connectivity index (χ4v) is 2.43. The zero-order valence-corrected chi connectivity index (χ0v) is 15.2. The maximum absolute atomic E-state index is 3.90. The van der Waals surface area contributed by atoms with Gasteiger partial charge in [0.15, 0.2) is 0 Å². The summed E-state index contributed by atoms with van der Waals surface area (Å²) in [6.45, 7) is 13.7. The van der Waals surface area contributed by atoms with Gasteiger partial charge >= 0.3 is 0 Å². The highest BCUT2D eigenvalue weighted by molar-refractivity contribution is 5.29. The monoisotopic (exact) mass is 321 g/mol. The van der Waals surface area contributed by atoms with Crippen LogP contribution in [0.4, 0.5) is 0 Å². The van der Waals surface area contributed by atoms with Crippen molar-refractivity contribution in [2.45, 2.75) is 39.7 Å². The third-order valence-corrected chi connectivity index (χ3v) is 3.52. The summed E-state index contributed by atoms with van der Waals surface area (Å²) in [5.74, 6) is 0. The Morgan fingerprint density at radius 3 is 2.38 bits per heavy atom. The van der Waals surface area contributed by atoms with Crippen molar-refractivity contribution < 1.29 is 0 Å². The minimum Gasteiger partial charge on any atom is -0.363 e. The zero-order chi connectivity index (χ0) is 17.6. The first kappa shape index (κ1) is 19.8. The smallest absolute Gasteiger partial charge is 0.0433 e. The summed E-state index contributed by atoms with van der Waals surface area (Å²) in [6, 6.07) is 10.6. The third kappa shape index (κ3) is 7.32. The summed E-state index contributed by atoms with van der Waals surface area (Å²) in [5, 5.41) is 0. The van der Waals surface area contributed by atoms with E-state index in [1.54, 1.807) is 0 Å². The Balaban J connectivity index is 0.000000891. The average molecular weight is 322 g/mol. The number of hydrogen-bond donors (Lipinski definition) is 0. The van der Waals surface area contributed by atoms with Crippen molar-refractivity contribution in [3.8, 4) is 0 Å². The van der Waals surface area contributed by atoms with Gasteiger partial charge in [0, 0.05) is 18.8 Å². The molecule has 0 unspecified atom stereocenters. The van der Waals surface area contributed by atoms with Gasteiger partial charge in [-0.25, -0.2) is 0 Å². The van der Waals surface area contributed by atoms with E-state index in [4.69, 9.17) is 0 Å². The molecule has 0 saturated heterocycles. The van der Waals surface area contributed by atoms with Gasteiger partial charge in [0.2, 0.25) is 0 Å². The molecule has 2 rings (SSSR count). The molecule has 1 aromatic carbocycles. The molecule has 0 heterocycles. The molecule has 1 heteroatoms. The van der Waals surface area contributed by atoms with Gasteiger partial charge in [0.05, 0.1) is 0 Å². The van der Waals surface area contributed by atoms with E-state index >= 15 is 0 Å². The van der Waals surface area contributed by atoms with Gasteiger partial charge in [-0.1, -0.05) is 94.1 Å². The Bertz CT molecular complexity index is 575. The fraction of sp³-hybridized carbons (Fsp3) is 0.304. The van der Waals surface area contributed by atoms with Gasteiger partial charge in [-0.05, 0) is 30.1 Å². The SMILES string of the molecule is C=C/C=C(\C=C)CN(Cc1ccccc1)C1=CCCC=C1.CCC. The standard InChI is InChI=1S/C20H23N.C3H8/c1-3-11-18(4-2)16-21(20-14-9-6-10-15-20)17-19-12-7-5-8-13-19;1-3-2/h3-5,7-9,11-15H,1-2,6,10,16-17H2;3H2,1-2H3/b18-11+;. The molecule has 1 aliphatic carbocycles. The van der Waals surface area contributed by atoms with E-state index in [9.17, 15) is 0 Å². The quantitative estimate of drug-likeness (QED) is 0.522. The molecule has 24 heavy (non-hydrogen) atoms. The molecule has 0 radical (unpaired) electrons. The first-order valence-corrected chi connectivity index (χ1v) is 8.84. The van der Waals surface area contributed by atoms with Crippen molar-refractivity contribution in [3.63, 3.8) is 0 Å². The van der Waals surface area contributed by atoms with E-state index in [1.807, 2.05) is 18.2 Å². The van der Waals surface area contributed by atoms with Gasteiger partial charge in [0.1, 0.15) is 0 Å². The summed E-state index contributed by atoms with van der Waals surface area (Å²) in [4.78, 5) is 2.39. The first-order valence-electron chi connectivity index (χ1n) is 8.84. The number of nitrogens with zero attached hydrogens (tertiary/aromatic N) is 1. The maximum atomic E-state index is 3.90. The summed E-state index contributed by atoms with van der Waals surface area (Å²) >= 11 is 0. The van der Waals surface area contributed by atoms with Crippen molar-refractivity contribution in [3.05, 3.63) is 96.8 Å². The van der Waals surface area contributed by atoms with Crippen molar-refractivity contribution in [1.29, 1.82) is 0 Å². The van der Waals surface area contributed by atoms with Gasteiger partial charge in [0.25, 0.3) is 0 Å². The number of allylic oxidation sites excluding steroid dienone is 5. The first-order chi connectivity index (χ1) is 11.7. The Morgan fingerprint density at radius 2 is 1.83 bits per heavy atom. The van der Waals surface area contributed by atoms with E-state index in [0.29, 0.717) is 0 Å². The second-order valence-corrected chi connectivity index (χ2v) is 5.84. The largest absolute Gasteiger partial charge is 0.363 e. The lowest BCUT2D eigenvalue weighted by molar-refractivity contribution is 0.376. The normalized spacial score (nSPS) is 13.4. The van der Waals surface area contributed by atoms with Gasteiger partial charge in [-0.2, -0.15) is 0 Å². The molecular formula is C23H31N. The Kier molecular flexibility index (Phi) is 10.0. The summed E-state index contributed by atoms with van der Waals surface area (Å²) in [5.41, 5.74) is 3.79. The molecule has 0 fully saturated rings. The van der Waals surface area contributed by atoms with Crippen LogP contribution in [0.5, 0.6) is 0 Å². The molecule has 128 valence electrons. The van der Waals surface area contributed by atoms with Crippen LogP contribution in [0.15, 0.2) is 91.2 Å². The maximum Gasteiger partial charge on any atom is 0.0433 e. The molecule has 0 saturated carbocycles. The number of hydrogen-bond acceptors (Lipinski definition) is 1. The van der Waals surface area contributed by atoms with Crippen LogP contribution < -0.4 is 0 Å². The predicted molar refractivity (Wildman–Crippen MR) is 108 cm³/mol. The molecule has 0 atom stereocenters. The Hall–Kier alpha value is -2.28. The van der Waals surface area contributed by atoms with E-state index in [-0.39, 0.29) is 0 Å². The topological polar surface area (TPSA) is 3.24 Å². The van der Waals surface area contributed by atoms with Crippen LogP contribution in [0, 0.1) is 0 Å². The Morgan fingerprint density at radius 1 is 1.12 bits per heavy atom. The lowest BCUT2D eigenvalue weighted by Crippen LogP contribution is -2.24. The van der Waals surface area contributed by atoms with E-state index in [0.717, 1.165) is 25.9 Å². The average Bonchev–Trinajstić information content (AvgIpc) is 2.63. The van der Waals surface area contributed by atoms with Crippen molar-refractivity contribution in [1.82, 2.24) is 4.90 Å². The molecule has 0 aliphatic heterocycles. The highest BCUT2D eigenvalue weighted by Crippen LogP contribution is 2.19. The molecule has 1 aliphatic rings. The lowest BCUT2D eigenvalue weighted by Gasteiger charge is -2.28. The van der Waals surface area contributed by atoms with E-state index < -0.39 is 0 Å². The lowest BCUT2D eigenvalue weighted by atomic mass is 10.1. The second-order valence-electron chi connectivity index (χ2n) is 5.84. The highest BCUT2D eigenvalue weighted by Gasteiger charge is 2.10. The van der Waals surface area contributed by atoms with Crippen molar-refractivity contribution >= 4 is 0 Å².